The molecule has 0 fully saturated rings. The summed E-state index contributed by atoms with van der Waals surface area (Å²) in [6, 6.07) is 8.28. The maximum absolute atomic E-state index is 10.9. The first-order valence-corrected chi connectivity index (χ1v) is 6.39. The second-order valence-corrected chi connectivity index (χ2v) is 4.44. The van der Waals surface area contributed by atoms with Crippen LogP contribution in [0.4, 0.5) is 5.69 Å². The van der Waals surface area contributed by atoms with Crippen molar-refractivity contribution in [3.8, 4) is 11.8 Å². The molecule has 0 amide bonds. The standard InChI is InChI=1S/C16H17NO2/c1-19-16(18)12-9-13-7-10-15(11-8-13)17-14-5-3-2-4-6-14/h2-3,7-8,10-11,14,17H,4-6H2,1H3. The van der Waals surface area contributed by atoms with Gasteiger partial charge in [0.15, 0.2) is 0 Å². The summed E-state index contributed by atoms with van der Waals surface area (Å²) in [5.41, 5.74) is 1.89. The van der Waals surface area contributed by atoms with Gasteiger partial charge in [-0.15, -0.1) is 0 Å². The van der Waals surface area contributed by atoms with E-state index in [4.69, 9.17) is 0 Å². The molecule has 0 heterocycles. The van der Waals surface area contributed by atoms with E-state index in [1.54, 1.807) is 0 Å². The molecule has 0 radical (unpaired) electrons. The normalized spacial score (nSPS) is 17.2. The number of methoxy groups -OCH3 is 1. The van der Waals surface area contributed by atoms with Gasteiger partial charge >= 0.3 is 5.97 Å². The monoisotopic (exact) mass is 255 g/mol. The third-order valence-electron chi connectivity index (χ3n) is 3.02. The molecule has 1 unspecified atom stereocenters. The molecule has 3 heteroatoms. The van der Waals surface area contributed by atoms with Crippen molar-refractivity contribution in [1.29, 1.82) is 0 Å². The summed E-state index contributed by atoms with van der Waals surface area (Å²) in [6.07, 6.45) is 7.83. The van der Waals surface area contributed by atoms with Gasteiger partial charge in [0.05, 0.1) is 7.11 Å². The van der Waals surface area contributed by atoms with Crippen LogP contribution >= 0.6 is 0 Å². The summed E-state index contributed by atoms with van der Waals surface area (Å²) >= 11 is 0. The van der Waals surface area contributed by atoms with E-state index in [2.05, 4.69) is 34.0 Å². The average Bonchev–Trinajstić information content (AvgIpc) is 2.47. The number of rotatable bonds is 2. The van der Waals surface area contributed by atoms with Gasteiger partial charge in [0, 0.05) is 23.2 Å². The third-order valence-corrected chi connectivity index (χ3v) is 3.02. The van der Waals surface area contributed by atoms with Crippen molar-refractivity contribution >= 4 is 11.7 Å². The van der Waals surface area contributed by atoms with Crippen molar-refractivity contribution in [1.82, 2.24) is 0 Å². The Hall–Kier alpha value is -2.21. The van der Waals surface area contributed by atoms with Crippen LogP contribution in [-0.2, 0) is 9.53 Å². The minimum Gasteiger partial charge on any atom is -0.459 e. The summed E-state index contributed by atoms with van der Waals surface area (Å²) < 4.78 is 4.46. The van der Waals surface area contributed by atoms with Crippen molar-refractivity contribution < 1.29 is 9.53 Å². The first kappa shape index (κ1) is 13.2. The smallest absolute Gasteiger partial charge is 0.384 e. The zero-order valence-corrected chi connectivity index (χ0v) is 11.0. The number of hydrogen-bond donors (Lipinski definition) is 1. The largest absolute Gasteiger partial charge is 0.459 e. The molecule has 0 spiro atoms. The Morgan fingerprint density at radius 2 is 2.11 bits per heavy atom. The Bertz CT molecular complexity index is 520. The highest BCUT2D eigenvalue weighted by Crippen LogP contribution is 2.17. The Morgan fingerprint density at radius 3 is 2.74 bits per heavy atom. The Balaban J connectivity index is 1.95. The van der Waals surface area contributed by atoms with Crippen LogP contribution in [-0.4, -0.2) is 19.1 Å². The molecule has 0 saturated carbocycles. The van der Waals surface area contributed by atoms with E-state index in [0.29, 0.717) is 6.04 Å². The topological polar surface area (TPSA) is 38.3 Å². The first-order valence-electron chi connectivity index (χ1n) is 6.39. The molecule has 2 rings (SSSR count). The zero-order chi connectivity index (χ0) is 13.5. The van der Waals surface area contributed by atoms with Gasteiger partial charge in [-0.25, -0.2) is 4.79 Å². The van der Waals surface area contributed by atoms with E-state index in [9.17, 15) is 4.79 Å². The second-order valence-electron chi connectivity index (χ2n) is 4.44. The second kappa shape index (κ2) is 6.65. The third kappa shape index (κ3) is 4.18. The minimum atomic E-state index is -0.517. The summed E-state index contributed by atoms with van der Waals surface area (Å²) in [6.45, 7) is 0. The van der Waals surface area contributed by atoms with E-state index < -0.39 is 5.97 Å². The van der Waals surface area contributed by atoms with Gasteiger partial charge < -0.3 is 10.1 Å². The predicted octanol–water partition coefficient (Wildman–Crippen LogP) is 2.73. The van der Waals surface area contributed by atoms with Gasteiger partial charge in [-0.05, 0) is 43.5 Å². The van der Waals surface area contributed by atoms with Crippen LogP contribution in [0.5, 0.6) is 0 Å². The molecule has 0 saturated heterocycles. The minimum absolute atomic E-state index is 0.511. The lowest BCUT2D eigenvalue weighted by molar-refractivity contribution is -0.133. The Labute approximate surface area is 113 Å². The van der Waals surface area contributed by atoms with Crippen LogP contribution in [0.1, 0.15) is 24.8 Å². The lowest BCUT2D eigenvalue weighted by Gasteiger charge is -2.20. The van der Waals surface area contributed by atoms with E-state index in [-0.39, 0.29) is 0 Å². The van der Waals surface area contributed by atoms with E-state index >= 15 is 0 Å². The number of allylic oxidation sites excluding steroid dienone is 1. The summed E-state index contributed by atoms with van der Waals surface area (Å²) in [4.78, 5) is 10.9. The fourth-order valence-corrected chi connectivity index (χ4v) is 1.98. The van der Waals surface area contributed by atoms with Crippen LogP contribution in [0.2, 0.25) is 0 Å². The number of benzene rings is 1. The highest BCUT2D eigenvalue weighted by Gasteiger charge is 2.08. The average molecular weight is 255 g/mol. The van der Waals surface area contributed by atoms with E-state index in [1.165, 1.54) is 13.5 Å². The first-order chi connectivity index (χ1) is 9.28. The molecule has 1 atom stereocenters. The zero-order valence-electron chi connectivity index (χ0n) is 11.0. The van der Waals surface area contributed by atoms with Crippen molar-refractivity contribution in [2.45, 2.75) is 25.3 Å². The number of anilines is 1. The molecule has 1 aliphatic rings. The molecule has 98 valence electrons. The Morgan fingerprint density at radius 1 is 1.32 bits per heavy atom. The number of ether oxygens (including phenoxy) is 1. The van der Waals surface area contributed by atoms with Gasteiger partial charge in [-0.1, -0.05) is 18.1 Å². The molecule has 1 aromatic rings. The van der Waals surface area contributed by atoms with Crippen LogP contribution in [0, 0.1) is 11.8 Å². The van der Waals surface area contributed by atoms with Crippen LogP contribution in [0.3, 0.4) is 0 Å². The fourth-order valence-electron chi connectivity index (χ4n) is 1.98. The number of esters is 1. The summed E-state index contributed by atoms with van der Waals surface area (Å²) in [7, 11) is 1.32. The van der Waals surface area contributed by atoms with E-state index in [0.717, 1.165) is 24.1 Å². The molecule has 3 nitrogen and oxygen atoms in total. The number of carbonyl (C=O) groups is 1. The van der Waals surface area contributed by atoms with Gasteiger partial charge in [0.25, 0.3) is 0 Å². The lowest BCUT2D eigenvalue weighted by Crippen LogP contribution is -2.20. The van der Waals surface area contributed by atoms with Crippen LogP contribution in [0.15, 0.2) is 36.4 Å². The molecule has 1 N–H and O–H groups in total. The van der Waals surface area contributed by atoms with Crippen molar-refractivity contribution in [3.63, 3.8) is 0 Å². The molecule has 0 aromatic heterocycles. The lowest BCUT2D eigenvalue weighted by atomic mass is 10.0. The van der Waals surface area contributed by atoms with Gasteiger partial charge in [-0.2, -0.15) is 0 Å². The van der Waals surface area contributed by atoms with Gasteiger partial charge in [0.1, 0.15) is 0 Å². The van der Waals surface area contributed by atoms with Gasteiger partial charge in [0.2, 0.25) is 0 Å². The SMILES string of the molecule is COC(=O)C#Cc1ccc(NC2CC=CCC2)cc1. The molecular formula is C16H17NO2. The molecule has 1 aromatic carbocycles. The molecule has 0 bridgehead atoms. The maximum Gasteiger partial charge on any atom is 0.384 e. The number of nitrogens with one attached hydrogen (secondary N) is 1. The van der Waals surface area contributed by atoms with E-state index in [1.807, 2.05) is 24.3 Å². The highest BCUT2D eigenvalue weighted by molar-refractivity contribution is 5.89. The molecule has 19 heavy (non-hydrogen) atoms. The van der Waals surface area contributed by atoms with Crippen LogP contribution in [0.25, 0.3) is 0 Å². The quantitative estimate of drug-likeness (QED) is 0.501. The van der Waals surface area contributed by atoms with Gasteiger partial charge in [-0.3, -0.25) is 0 Å². The molecule has 1 aliphatic carbocycles. The summed E-state index contributed by atoms with van der Waals surface area (Å²) in [5, 5.41) is 3.49. The van der Waals surface area contributed by atoms with Crippen molar-refractivity contribution in [2.75, 3.05) is 12.4 Å². The molecule has 0 aliphatic heterocycles. The molecular weight excluding hydrogens is 238 g/mol. The maximum atomic E-state index is 10.9. The van der Waals surface area contributed by atoms with Crippen molar-refractivity contribution in [3.05, 3.63) is 42.0 Å². The number of carbonyl (C=O) groups excluding carboxylic acids is 1. The summed E-state index contributed by atoms with van der Waals surface area (Å²) in [5.74, 6) is 4.65. The van der Waals surface area contributed by atoms with Crippen LogP contribution < -0.4 is 5.32 Å². The Kier molecular flexibility index (Phi) is 4.63. The highest BCUT2D eigenvalue weighted by atomic mass is 16.5. The predicted molar refractivity (Wildman–Crippen MR) is 75.7 cm³/mol. The number of hydrogen-bond acceptors (Lipinski definition) is 3. The fraction of sp³-hybridized carbons (Fsp3) is 0.312. The van der Waals surface area contributed by atoms with Crippen molar-refractivity contribution in [2.24, 2.45) is 0 Å².